The fraction of sp³-hybridized carbons (Fsp3) is 0.462. The molecule has 1 atom stereocenters. The number of aromatic nitrogens is 1. The zero-order valence-corrected chi connectivity index (χ0v) is 10.6. The summed E-state index contributed by atoms with van der Waals surface area (Å²) in [5, 5.41) is 0. The van der Waals surface area contributed by atoms with Crippen LogP contribution in [0.5, 0.6) is 0 Å². The Kier molecular flexibility index (Phi) is 4.09. The van der Waals surface area contributed by atoms with Crippen molar-refractivity contribution in [3.63, 3.8) is 0 Å². The van der Waals surface area contributed by atoms with Gasteiger partial charge in [0.1, 0.15) is 11.9 Å². The predicted molar refractivity (Wildman–Crippen MR) is 66.6 cm³/mol. The Hall–Kier alpha value is -1.98. The summed E-state index contributed by atoms with van der Waals surface area (Å²) < 4.78 is 18.0. The van der Waals surface area contributed by atoms with Crippen LogP contribution in [0.3, 0.4) is 0 Å². The lowest BCUT2D eigenvalue weighted by Crippen LogP contribution is -2.45. The molecule has 0 spiro atoms. The minimum absolute atomic E-state index is 0.0563. The van der Waals surface area contributed by atoms with Crippen LogP contribution in [0, 0.1) is 5.82 Å². The van der Waals surface area contributed by atoms with E-state index in [1.807, 2.05) is 0 Å². The molecule has 6 heteroatoms. The van der Waals surface area contributed by atoms with Gasteiger partial charge in [-0.1, -0.05) is 0 Å². The number of methoxy groups -OCH3 is 1. The first-order chi connectivity index (χ1) is 9.17. The maximum Gasteiger partial charge on any atom is 0.328 e. The second-order valence-corrected chi connectivity index (χ2v) is 4.41. The summed E-state index contributed by atoms with van der Waals surface area (Å²) in [6.07, 6.45) is 3.96. The second-order valence-electron chi connectivity index (χ2n) is 4.41. The quantitative estimate of drug-likeness (QED) is 0.614. The summed E-state index contributed by atoms with van der Waals surface area (Å²) in [5.41, 5.74) is -0.0563. The molecule has 0 amide bonds. The Labute approximate surface area is 110 Å². The molecule has 1 aliphatic heterocycles. The smallest absolute Gasteiger partial charge is 0.328 e. The highest BCUT2D eigenvalue weighted by Gasteiger charge is 2.30. The van der Waals surface area contributed by atoms with Crippen molar-refractivity contribution < 1.29 is 18.7 Å². The third kappa shape index (κ3) is 2.72. The summed E-state index contributed by atoms with van der Waals surface area (Å²) in [5.74, 6) is -0.567. The highest BCUT2D eigenvalue weighted by molar-refractivity contribution is 5.81. The first-order valence-corrected chi connectivity index (χ1v) is 6.12. The van der Waals surface area contributed by atoms with Crippen molar-refractivity contribution in [1.29, 1.82) is 0 Å². The van der Waals surface area contributed by atoms with Crippen molar-refractivity contribution >= 4 is 18.1 Å². The number of nitrogens with zero attached hydrogens (tertiary/aromatic N) is 2. The van der Waals surface area contributed by atoms with Crippen LogP contribution in [-0.2, 0) is 9.53 Å². The predicted octanol–water partition coefficient (Wildman–Crippen LogP) is 1.57. The van der Waals surface area contributed by atoms with E-state index < -0.39 is 11.9 Å². The molecule has 1 saturated heterocycles. The molecule has 0 saturated carbocycles. The van der Waals surface area contributed by atoms with Crippen LogP contribution in [-0.4, -0.2) is 36.9 Å². The molecule has 2 heterocycles. The van der Waals surface area contributed by atoms with Crippen molar-refractivity contribution in [1.82, 2.24) is 4.98 Å². The van der Waals surface area contributed by atoms with Gasteiger partial charge in [-0.3, -0.25) is 4.79 Å². The first-order valence-electron chi connectivity index (χ1n) is 6.12. The normalized spacial score (nSPS) is 19.1. The molecule has 102 valence electrons. The minimum Gasteiger partial charge on any atom is -0.467 e. The number of ether oxygens (including phenoxy) is 1. The molecule has 0 aliphatic carbocycles. The molecule has 1 aromatic heterocycles. The van der Waals surface area contributed by atoms with Gasteiger partial charge in [-0.2, -0.15) is 0 Å². The van der Waals surface area contributed by atoms with Gasteiger partial charge in [0.05, 0.1) is 18.9 Å². The van der Waals surface area contributed by atoms with Gasteiger partial charge >= 0.3 is 5.97 Å². The molecule has 1 aliphatic rings. The molecule has 1 fully saturated rings. The van der Waals surface area contributed by atoms with E-state index in [0.717, 1.165) is 19.0 Å². The molecule has 1 aromatic rings. The standard InChI is InChI=1S/C13H15FN2O3/c1-19-13(18)11-4-2-3-5-16(11)12-6-9(8-17)10(14)7-15-12/h6-8,11H,2-5H2,1H3. The van der Waals surface area contributed by atoms with Crippen molar-refractivity contribution in [2.45, 2.75) is 25.3 Å². The van der Waals surface area contributed by atoms with Crippen LogP contribution >= 0.6 is 0 Å². The van der Waals surface area contributed by atoms with Crippen molar-refractivity contribution in [2.75, 3.05) is 18.6 Å². The van der Waals surface area contributed by atoms with Crippen molar-refractivity contribution in [3.05, 3.63) is 23.6 Å². The lowest BCUT2D eigenvalue weighted by atomic mass is 10.0. The number of carbonyl (C=O) groups is 2. The summed E-state index contributed by atoms with van der Waals surface area (Å²) >= 11 is 0. The third-order valence-corrected chi connectivity index (χ3v) is 3.27. The molecule has 2 rings (SSSR count). The lowest BCUT2D eigenvalue weighted by molar-refractivity contribution is -0.142. The molecule has 1 unspecified atom stereocenters. The van der Waals surface area contributed by atoms with Crippen LogP contribution in [0.1, 0.15) is 29.6 Å². The number of hydrogen-bond acceptors (Lipinski definition) is 5. The molecule has 0 aromatic carbocycles. The van der Waals surface area contributed by atoms with Crippen LogP contribution in [0.4, 0.5) is 10.2 Å². The second kappa shape index (κ2) is 5.77. The molecule has 0 radical (unpaired) electrons. The van der Waals surface area contributed by atoms with Crippen LogP contribution in [0.2, 0.25) is 0 Å². The number of pyridine rings is 1. The Bertz CT molecular complexity index is 493. The average molecular weight is 266 g/mol. The largest absolute Gasteiger partial charge is 0.467 e. The van der Waals surface area contributed by atoms with Gasteiger partial charge in [0.25, 0.3) is 0 Å². The van der Waals surface area contributed by atoms with Crippen LogP contribution in [0.25, 0.3) is 0 Å². The monoisotopic (exact) mass is 266 g/mol. The molecular formula is C13H15FN2O3. The first kappa shape index (κ1) is 13.5. The Morgan fingerprint density at radius 2 is 2.37 bits per heavy atom. The van der Waals surface area contributed by atoms with Gasteiger partial charge in [-0.25, -0.2) is 14.2 Å². The average Bonchev–Trinajstić information content (AvgIpc) is 2.47. The van der Waals surface area contributed by atoms with Gasteiger partial charge in [-0.15, -0.1) is 0 Å². The molecule has 0 N–H and O–H groups in total. The maximum atomic E-state index is 13.3. The number of anilines is 1. The van der Waals surface area contributed by atoms with Crippen LogP contribution < -0.4 is 4.90 Å². The fourth-order valence-electron chi connectivity index (χ4n) is 2.28. The van der Waals surface area contributed by atoms with E-state index in [4.69, 9.17) is 4.74 Å². The molecule has 19 heavy (non-hydrogen) atoms. The van der Waals surface area contributed by atoms with Gasteiger partial charge in [-0.05, 0) is 25.3 Å². The SMILES string of the molecule is COC(=O)C1CCCCN1c1cc(C=O)c(F)cn1. The minimum atomic E-state index is -0.662. The van der Waals surface area contributed by atoms with Gasteiger partial charge in [0.15, 0.2) is 12.1 Å². The van der Waals surface area contributed by atoms with E-state index in [-0.39, 0.29) is 11.5 Å². The van der Waals surface area contributed by atoms with Crippen LogP contribution in [0.15, 0.2) is 12.3 Å². The lowest BCUT2D eigenvalue weighted by Gasteiger charge is -2.34. The topological polar surface area (TPSA) is 59.5 Å². The van der Waals surface area contributed by atoms with Crippen molar-refractivity contribution in [3.8, 4) is 0 Å². The zero-order valence-electron chi connectivity index (χ0n) is 10.6. The van der Waals surface area contributed by atoms with E-state index in [1.165, 1.54) is 13.2 Å². The van der Waals surface area contributed by atoms with Gasteiger partial charge < -0.3 is 9.64 Å². The fourth-order valence-corrected chi connectivity index (χ4v) is 2.28. The molecular weight excluding hydrogens is 251 g/mol. The Morgan fingerprint density at radius 1 is 1.58 bits per heavy atom. The van der Waals surface area contributed by atoms with Gasteiger partial charge in [0, 0.05) is 6.54 Å². The number of hydrogen-bond donors (Lipinski definition) is 0. The molecule has 5 nitrogen and oxygen atoms in total. The number of piperidine rings is 1. The highest BCUT2D eigenvalue weighted by atomic mass is 19.1. The number of carbonyl (C=O) groups excluding carboxylic acids is 2. The van der Waals surface area contributed by atoms with Crippen molar-refractivity contribution in [2.24, 2.45) is 0 Å². The Morgan fingerprint density at radius 3 is 3.05 bits per heavy atom. The summed E-state index contributed by atoms with van der Waals surface area (Å²) in [4.78, 5) is 28.2. The highest BCUT2D eigenvalue weighted by Crippen LogP contribution is 2.24. The molecule has 0 bridgehead atoms. The number of halogens is 1. The number of esters is 1. The third-order valence-electron chi connectivity index (χ3n) is 3.27. The Balaban J connectivity index is 2.31. The van der Waals surface area contributed by atoms with Gasteiger partial charge in [0.2, 0.25) is 0 Å². The van der Waals surface area contributed by atoms with E-state index >= 15 is 0 Å². The number of aldehydes is 1. The van der Waals surface area contributed by atoms with E-state index in [0.29, 0.717) is 25.1 Å². The zero-order chi connectivity index (χ0) is 13.8. The van der Waals surface area contributed by atoms with E-state index in [9.17, 15) is 14.0 Å². The van der Waals surface area contributed by atoms with E-state index in [1.54, 1.807) is 4.90 Å². The maximum absolute atomic E-state index is 13.3. The summed E-state index contributed by atoms with van der Waals surface area (Å²) in [7, 11) is 1.34. The van der Waals surface area contributed by atoms with E-state index in [2.05, 4.69) is 4.98 Å². The number of rotatable bonds is 3. The summed E-state index contributed by atoms with van der Waals surface area (Å²) in [6, 6.07) is 0.945. The summed E-state index contributed by atoms with van der Waals surface area (Å²) in [6.45, 7) is 0.636.